The second-order valence-electron chi connectivity index (χ2n) is 7.06. The van der Waals surface area contributed by atoms with Crippen molar-refractivity contribution < 1.29 is 18.3 Å². The fourth-order valence-electron chi connectivity index (χ4n) is 3.61. The van der Waals surface area contributed by atoms with Gasteiger partial charge in [0.25, 0.3) is 0 Å². The monoisotopic (exact) mass is 374 g/mol. The van der Waals surface area contributed by atoms with Gasteiger partial charge in [-0.1, -0.05) is 0 Å². The van der Waals surface area contributed by atoms with Crippen LogP contribution in [0.5, 0.6) is 5.75 Å². The van der Waals surface area contributed by atoms with E-state index in [1.807, 2.05) is 32.3 Å². The molecule has 1 saturated carbocycles. The van der Waals surface area contributed by atoms with E-state index in [9.17, 15) is 13.6 Å². The van der Waals surface area contributed by atoms with Crippen LogP contribution in [0.3, 0.4) is 0 Å². The molecule has 3 aromatic rings. The fraction of sp³-hybridized carbons (Fsp3) is 0.421. The largest absolute Gasteiger partial charge is 0.490 e. The molecule has 0 spiro atoms. The standard InChI is InChI=1S/C19H20F2N4O2/c1-11(12-3-4-15(26)5-12)27-18-7-13(6-17-16(18)10-24(2)23-17)14-8-22-25(9-14)19(20)21/h6-12,19H,3-5H2,1-2H3/t11-,12+/m1/s1. The number of aryl methyl sites for hydroxylation is 1. The van der Waals surface area contributed by atoms with Gasteiger partial charge < -0.3 is 4.74 Å². The van der Waals surface area contributed by atoms with Crippen LogP contribution in [0, 0.1) is 5.92 Å². The van der Waals surface area contributed by atoms with E-state index in [-0.39, 0.29) is 17.8 Å². The van der Waals surface area contributed by atoms with Crippen LogP contribution in [-0.2, 0) is 11.8 Å². The molecule has 0 unspecified atom stereocenters. The van der Waals surface area contributed by atoms with E-state index in [4.69, 9.17) is 4.74 Å². The molecule has 8 heteroatoms. The van der Waals surface area contributed by atoms with Crippen LogP contribution < -0.4 is 4.74 Å². The first-order chi connectivity index (χ1) is 12.9. The zero-order valence-electron chi connectivity index (χ0n) is 15.1. The molecule has 2 heterocycles. The Hall–Kier alpha value is -2.77. The van der Waals surface area contributed by atoms with Gasteiger partial charge in [-0.15, -0.1) is 0 Å². The molecule has 0 N–H and O–H groups in total. The summed E-state index contributed by atoms with van der Waals surface area (Å²) in [5, 5.41) is 8.97. The number of ether oxygens (including phenoxy) is 1. The number of hydrogen-bond acceptors (Lipinski definition) is 4. The number of hydrogen-bond donors (Lipinski definition) is 0. The molecule has 0 amide bonds. The van der Waals surface area contributed by atoms with Gasteiger partial charge in [-0.2, -0.15) is 19.0 Å². The van der Waals surface area contributed by atoms with Crippen molar-refractivity contribution in [2.75, 3.05) is 0 Å². The van der Waals surface area contributed by atoms with E-state index >= 15 is 0 Å². The number of carbonyl (C=O) groups is 1. The average Bonchev–Trinajstić information content (AvgIpc) is 3.32. The molecule has 4 rings (SSSR count). The third kappa shape index (κ3) is 3.43. The first-order valence-corrected chi connectivity index (χ1v) is 8.89. The maximum Gasteiger partial charge on any atom is 0.333 e. The molecular weight excluding hydrogens is 354 g/mol. The summed E-state index contributed by atoms with van der Waals surface area (Å²) in [5.74, 6) is 1.09. The molecule has 0 radical (unpaired) electrons. The van der Waals surface area contributed by atoms with Crippen LogP contribution in [0.1, 0.15) is 32.7 Å². The zero-order valence-corrected chi connectivity index (χ0v) is 15.1. The molecule has 1 aromatic carbocycles. The number of benzene rings is 1. The van der Waals surface area contributed by atoms with Crippen molar-refractivity contribution in [1.82, 2.24) is 19.6 Å². The fourth-order valence-corrected chi connectivity index (χ4v) is 3.61. The first-order valence-electron chi connectivity index (χ1n) is 8.89. The van der Waals surface area contributed by atoms with E-state index < -0.39 is 6.55 Å². The number of ketones is 1. The number of halogens is 2. The topological polar surface area (TPSA) is 61.9 Å². The molecule has 27 heavy (non-hydrogen) atoms. The normalized spacial score (nSPS) is 18.6. The summed E-state index contributed by atoms with van der Waals surface area (Å²) in [6, 6.07) is 3.66. The van der Waals surface area contributed by atoms with E-state index in [0.29, 0.717) is 39.9 Å². The highest BCUT2D eigenvalue weighted by atomic mass is 19.3. The van der Waals surface area contributed by atoms with Crippen LogP contribution in [0.2, 0.25) is 0 Å². The first kappa shape index (κ1) is 17.6. The molecule has 6 nitrogen and oxygen atoms in total. The average molecular weight is 374 g/mol. The minimum atomic E-state index is -2.69. The van der Waals surface area contributed by atoms with Gasteiger partial charge in [0.15, 0.2) is 0 Å². The van der Waals surface area contributed by atoms with Gasteiger partial charge in [0.1, 0.15) is 11.5 Å². The summed E-state index contributed by atoms with van der Waals surface area (Å²) >= 11 is 0. The Morgan fingerprint density at radius 2 is 2.07 bits per heavy atom. The Bertz CT molecular complexity index is 995. The van der Waals surface area contributed by atoms with Crippen molar-refractivity contribution in [3.05, 3.63) is 30.7 Å². The summed E-state index contributed by atoms with van der Waals surface area (Å²) in [6.07, 6.45) is 6.42. The molecule has 2 atom stereocenters. The molecule has 2 aromatic heterocycles. The summed E-state index contributed by atoms with van der Waals surface area (Å²) in [5.41, 5.74) is 1.98. The van der Waals surface area contributed by atoms with E-state index in [1.54, 1.807) is 4.68 Å². The lowest BCUT2D eigenvalue weighted by Gasteiger charge is -2.21. The van der Waals surface area contributed by atoms with Gasteiger partial charge in [0.2, 0.25) is 0 Å². The van der Waals surface area contributed by atoms with Gasteiger partial charge in [-0.25, -0.2) is 4.68 Å². The van der Waals surface area contributed by atoms with Crippen LogP contribution in [0.25, 0.3) is 22.0 Å². The minimum Gasteiger partial charge on any atom is -0.490 e. The predicted molar refractivity (Wildman–Crippen MR) is 95.6 cm³/mol. The quantitative estimate of drug-likeness (QED) is 0.678. The van der Waals surface area contributed by atoms with Crippen LogP contribution in [0.15, 0.2) is 30.7 Å². The lowest BCUT2D eigenvalue weighted by atomic mass is 10.0. The summed E-state index contributed by atoms with van der Waals surface area (Å²) in [4.78, 5) is 11.6. The van der Waals surface area contributed by atoms with Gasteiger partial charge in [-0.05, 0) is 31.0 Å². The van der Waals surface area contributed by atoms with Crippen molar-refractivity contribution in [3.8, 4) is 16.9 Å². The highest BCUT2D eigenvalue weighted by Gasteiger charge is 2.28. The number of rotatable bonds is 5. The molecule has 0 aliphatic heterocycles. The van der Waals surface area contributed by atoms with Gasteiger partial charge in [0.05, 0.1) is 23.2 Å². The summed E-state index contributed by atoms with van der Waals surface area (Å²) < 4.78 is 34.2. The zero-order chi connectivity index (χ0) is 19.1. The second kappa shape index (κ2) is 6.75. The molecule has 142 valence electrons. The van der Waals surface area contributed by atoms with Crippen molar-refractivity contribution in [2.45, 2.75) is 38.8 Å². The summed E-state index contributed by atoms with van der Waals surface area (Å²) in [6.45, 7) is -0.722. The number of fused-ring (bicyclic) bond motifs is 1. The van der Waals surface area contributed by atoms with Gasteiger partial charge >= 0.3 is 6.55 Å². The Morgan fingerprint density at radius 1 is 1.26 bits per heavy atom. The lowest BCUT2D eigenvalue weighted by Crippen LogP contribution is -2.21. The molecule has 1 aliphatic rings. The maximum absolute atomic E-state index is 12.8. The number of nitrogens with zero attached hydrogens (tertiary/aromatic N) is 4. The third-order valence-electron chi connectivity index (χ3n) is 5.10. The van der Waals surface area contributed by atoms with Crippen LogP contribution in [-0.4, -0.2) is 31.4 Å². The van der Waals surface area contributed by atoms with E-state index in [1.165, 1.54) is 12.4 Å². The highest BCUT2D eigenvalue weighted by molar-refractivity contribution is 5.89. The predicted octanol–water partition coefficient (Wildman–Crippen LogP) is 3.97. The molecule has 1 aliphatic carbocycles. The number of alkyl halides is 2. The van der Waals surface area contributed by atoms with Crippen LogP contribution in [0.4, 0.5) is 8.78 Å². The van der Waals surface area contributed by atoms with Crippen LogP contribution >= 0.6 is 0 Å². The molecular formula is C19H20F2N4O2. The number of Topliss-reactive ketones (excluding diaryl/α,β-unsaturated/α-hetero) is 1. The Morgan fingerprint density at radius 3 is 2.74 bits per heavy atom. The molecule has 1 fully saturated rings. The van der Waals surface area contributed by atoms with Crippen molar-refractivity contribution >= 4 is 16.7 Å². The molecule has 0 saturated heterocycles. The lowest BCUT2D eigenvalue weighted by molar-refractivity contribution is -0.117. The third-order valence-corrected chi connectivity index (χ3v) is 5.10. The highest BCUT2D eigenvalue weighted by Crippen LogP contribution is 2.35. The van der Waals surface area contributed by atoms with Crippen molar-refractivity contribution in [2.24, 2.45) is 13.0 Å². The van der Waals surface area contributed by atoms with Crippen molar-refractivity contribution in [1.29, 1.82) is 0 Å². The smallest absolute Gasteiger partial charge is 0.333 e. The Labute approximate surface area is 154 Å². The van der Waals surface area contributed by atoms with E-state index in [0.717, 1.165) is 11.8 Å². The van der Waals surface area contributed by atoms with Gasteiger partial charge in [-0.3, -0.25) is 9.48 Å². The minimum absolute atomic E-state index is 0.126. The Kier molecular flexibility index (Phi) is 4.41. The van der Waals surface area contributed by atoms with Gasteiger partial charge in [0, 0.05) is 43.8 Å². The van der Waals surface area contributed by atoms with Crippen molar-refractivity contribution in [3.63, 3.8) is 0 Å². The number of carbonyl (C=O) groups excluding carboxylic acids is 1. The molecule has 0 bridgehead atoms. The Balaban J connectivity index is 1.70. The SMILES string of the molecule is C[C@@H](Oc1cc(-c2cnn(C(F)F)c2)cc2nn(C)cc12)[C@H]1CCC(=O)C1. The maximum atomic E-state index is 12.8. The summed E-state index contributed by atoms with van der Waals surface area (Å²) in [7, 11) is 1.82. The second-order valence-corrected chi connectivity index (χ2v) is 7.06. The number of aromatic nitrogens is 4. The van der Waals surface area contributed by atoms with E-state index in [2.05, 4.69) is 10.2 Å².